The lowest BCUT2D eigenvalue weighted by Gasteiger charge is -2.37. The Hall–Kier alpha value is -2.80. The molecule has 4 rings (SSSR count). The molecule has 0 bridgehead atoms. The molecule has 7 heteroatoms. The third kappa shape index (κ3) is 2.96. The van der Waals surface area contributed by atoms with Crippen molar-refractivity contribution in [1.29, 1.82) is 0 Å². The summed E-state index contributed by atoms with van der Waals surface area (Å²) in [6.45, 7) is 6.60. The number of aryl methyl sites for hydroxylation is 3. The fraction of sp³-hybridized carbons (Fsp3) is 0.286. The second kappa shape index (κ2) is 6.67. The lowest BCUT2D eigenvalue weighted by atomic mass is 10.1. The molecule has 146 valence electrons. The average molecular weight is 398 g/mol. The van der Waals surface area contributed by atoms with Crippen molar-refractivity contribution in [1.82, 2.24) is 4.98 Å². The quantitative estimate of drug-likeness (QED) is 0.670. The van der Waals surface area contributed by atoms with Gasteiger partial charge in [0.1, 0.15) is 0 Å². The topological polar surface area (TPSA) is 66.7 Å². The van der Waals surface area contributed by atoms with E-state index in [0.717, 1.165) is 22.5 Å². The highest BCUT2D eigenvalue weighted by Gasteiger charge is 2.33. The van der Waals surface area contributed by atoms with Crippen LogP contribution in [0.1, 0.15) is 17.0 Å². The molecule has 28 heavy (non-hydrogen) atoms. The minimum atomic E-state index is -3.69. The average Bonchev–Trinajstić information content (AvgIpc) is 3.08. The third-order valence-corrected chi connectivity index (χ3v) is 7.12. The molecule has 6 nitrogen and oxygen atoms in total. The number of rotatable bonds is 3. The molecule has 2 heterocycles. The van der Waals surface area contributed by atoms with Crippen LogP contribution in [0.2, 0.25) is 0 Å². The Morgan fingerprint density at radius 1 is 1.04 bits per heavy atom. The number of benzene rings is 2. The molecule has 0 spiro atoms. The van der Waals surface area contributed by atoms with Crippen molar-refractivity contribution in [3.8, 4) is 11.3 Å². The number of oxazole rings is 1. The van der Waals surface area contributed by atoms with Crippen LogP contribution >= 0.6 is 0 Å². The summed E-state index contributed by atoms with van der Waals surface area (Å²) in [5.74, 6) is 1.21. The van der Waals surface area contributed by atoms with E-state index in [1.54, 1.807) is 25.3 Å². The first kappa shape index (κ1) is 18.6. The van der Waals surface area contributed by atoms with Crippen molar-refractivity contribution >= 4 is 21.4 Å². The van der Waals surface area contributed by atoms with Gasteiger partial charge in [-0.25, -0.2) is 13.4 Å². The highest BCUT2D eigenvalue weighted by Crippen LogP contribution is 2.39. The van der Waals surface area contributed by atoms with Gasteiger partial charge in [-0.2, -0.15) is 0 Å². The van der Waals surface area contributed by atoms with E-state index in [2.05, 4.69) is 9.88 Å². The van der Waals surface area contributed by atoms with Gasteiger partial charge in [-0.15, -0.1) is 0 Å². The number of aromatic nitrogens is 1. The number of nitrogens with zero attached hydrogens (tertiary/aromatic N) is 3. The molecule has 2 aromatic carbocycles. The molecule has 0 aliphatic carbocycles. The van der Waals surface area contributed by atoms with Crippen LogP contribution in [0.5, 0.6) is 0 Å². The van der Waals surface area contributed by atoms with Crippen molar-refractivity contribution in [3.63, 3.8) is 0 Å². The number of hydrogen-bond acceptors (Lipinski definition) is 5. The molecular weight excluding hydrogens is 374 g/mol. The summed E-state index contributed by atoms with van der Waals surface area (Å²) in [6, 6.07) is 11.1. The van der Waals surface area contributed by atoms with E-state index < -0.39 is 10.0 Å². The number of sulfonamides is 1. The van der Waals surface area contributed by atoms with Crippen LogP contribution in [0, 0.1) is 20.8 Å². The number of fused-ring (bicyclic) bond motifs is 1. The lowest BCUT2D eigenvalue weighted by Crippen LogP contribution is -2.43. The second-order valence-corrected chi connectivity index (χ2v) is 9.00. The normalized spacial score (nSPS) is 14.3. The summed E-state index contributed by atoms with van der Waals surface area (Å²) in [6.07, 6.45) is 1.65. The van der Waals surface area contributed by atoms with Crippen LogP contribution in [0.4, 0.5) is 11.4 Å². The SMILES string of the molecule is Cc1ncc(-c2ccc(S(=O)(=O)N3CCN(C)c4cccc(C)c43)c(C)c2)o1. The van der Waals surface area contributed by atoms with Crippen LogP contribution < -0.4 is 9.21 Å². The van der Waals surface area contributed by atoms with Gasteiger partial charge >= 0.3 is 0 Å². The minimum absolute atomic E-state index is 0.311. The zero-order valence-electron chi connectivity index (χ0n) is 16.4. The molecule has 0 unspecified atom stereocenters. The maximum Gasteiger partial charge on any atom is 0.264 e. The van der Waals surface area contributed by atoms with Gasteiger partial charge in [0.05, 0.1) is 29.0 Å². The third-order valence-electron chi connectivity index (χ3n) is 5.16. The van der Waals surface area contributed by atoms with Crippen LogP contribution in [0.25, 0.3) is 11.3 Å². The number of likely N-dealkylation sites (N-methyl/N-ethyl adjacent to an activating group) is 1. The summed E-state index contributed by atoms with van der Waals surface area (Å²) < 4.78 is 34.2. The summed E-state index contributed by atoms with van der Waals surface area (Å²) in [7, 11) is -1.70. The predicted molar refractivity (Wildman–Crippen MR) is 110 cm³/mol. The Morgan fingerprint density at radius 3 is 2.50 bits per heavy atom. The van der Waals surface area contributed by atoms with Crippen molar-refractivity contribution in [2.24, 2.45) is 0 Å². The minimum Gasteiger partial charge on any atom is -0.441 e. The van der Waals surface area contributed by atoms with E-state index in [0.29, 0.717) is 35.2 Å². The van der Waals surface area contributed by atoms with Gasteiger partial charge in [-0.1, -0.05) is 12.1 Å². The Bertz CT molecular complexity index is 1150. The molecule has 0 saturated heterocycles. The zero-order chi connectivity index (χ0) is 20.1. The highest BCUT2D eigenvalue weighted by atomic mass is 32.2. The van der Waals surface area contributed by atoms with Crippen LogP contribution in [-0.2, 0) is 10.0 Å². The number of para-hydroxylation sites is 1. The number of anilines is 2. The molecular formula is C21H23N3O3S. The number of hydrogen-bond donors (Lipinski definition) is 0. The lowest BCUT2D eigenvalue weighted by molar-refractivity contribution is 0.534. The first-order valence-corrected chi connectivity index (χ1v) is 10.6. The Labute approximate surface area is 165 Å². The van der Waals surface area contributed by atoms with Crippen LogP contribution in [0.15, 0.2) is 51.9 Å². The predicted octanol–water partition coefficient (Wildman–Crippen LogP) is 3.91. The standard InChI is InChI=1S/C21H23N3O3S/c1-14-6-5-7-18-21(14)24(11-10-23(18)4)28(25,26)20-9-8-17(12-15(20)2)19-13-22-16(3)27-19/h5-9,12-13H,10-11H2,1-4H3. The van der Waals surface area contributed by atoms with E-state index in [4.69, 9.17) is 4.42 Å². The van der Waals surface area contributed by atoms with Gasteiger partial charge in [-0.05, 0) is 49.2 Å². The molecule has 0 atom stereocenters. The van der Waals surface area contributed by atoms with Gasteiger partial charge in [0.15, 0.2) is 11.7 Å². The van der Waals surface area contributed by atoms with Crippen molar-refractivity contribution < 1.29 is 12.8 Å². The summed E-state index contributed by atoms with van der Waals surface area (Å²) in [4.78, 5) is 6.52. The zero-order valence-corrected chi connectivity index (χ0v) is 17.2. The fourth-order valence-electron chi connectivity index (χ4n) is 3.70. The Kier molecular flexibility index (Phi) is 4.42. The molecule has 0 N–H and O–H groups in total. The molecule has 1 aromatic heterocycles. The molecule has 1 aliphatic heterocycles. The van der Waals surface area contributed by atoms with E-state index in [1.807, 2.05) is 45.2 Å². The van der Waals surface area contributed by atoms with Crippen LogP contribution in [-0.4, -0.2) is 33.5 Å². The second-order valence-electron chi connectivity index (χ2n) is 7.17. The van der Waals surface area contributed by atoms with Crippen molar-refractivity contribution in [2.45, 2.75) is 25.7 Å². The highest BCUT2D eigenvalue weighted by molar-refractivity contribution is 7.93. The molecule has 0 amide bonds. The molecule has 0 saturated carbocycles. The fourth-order valence-corrected chi connectivity index (χ4v) is 5.44. The van der Waals surface area contributed by atoms with Gasteiger partial charge in [0.2, 0.25) is 0 Å². The summed E-state index contributed by atoms with van der Waals surface area (Å²) in [5.41, 5.74) is 4.12. The Balaban J connectivity index is 1.79. The summed E-state index contributed by atoms with van der Waals surface area (Å²) in [5, 5.41) is 0. The van der Waals surface area contributed by atoms with Gasteiger partial charge in [-0.3, -0.25) is 4.31 Å². The van der Waals surface area contributed by atoms with Gasteiger partial charge in [0.25, 0.3) is 10.0 Å². The van der Waals surface area contributed by atoms with E-state index in [1.165, 1.54) is 4.31 Å². The van der Waals surface area contributed by atoms with E-state index in [9.17, 15) is 8.42 Å². The monoisotopic (exact) mass is 397 g/mol. The van der Waals surface area contributed by atoms with Gasteiger partial charge < -0.3 is 9.32 Å². The van der Waals surface area contributed by atoms with Crippen molar-refractivity contribution in [3.05, 3.63) is 59.6 Å². The molecule has 0 fully saturated rings. The summed E-state index contributed by atoms with van der Waals surface area (Å²) >= 11 is 0. The first-order valence-electron chi connectivity index (χ1n) is 9.16. The van der Waals surface area contributed by atoms with E-state index >= 15 is 0 Å². The Morgan fingerprint density at radius 2 is 1.82 bits per heavy atom. The van der Waals surface area contributed by atoms with E-state index in [-0.39, 0.29) is 0 Å². The largest absolute Gasteiger partial charge is 0.441 e. The first-order chi connectivity index (χ1) is 13.3. The molecule has 1 aliphatic rings. The van der Waals surface area contributed by atoms with Crippen LogP contribution in [0.3, 0.4) is 0 Å². The smallest absolute Gasteiger partial charge is 0.264 e. The maximum absolute atomic E-state index is 13.6. The maximum atomic E-state index is 13.6. The van der Waals surface area contributed by atoms with Crippen molar-refractivity contribution in [2.75, 3.05) is 29.3 Å². The van der Waals surface area contributed by atoms with Gasteiger partial charge in [0, 0.05) is 26.1 Å². The molecule has 0 radical (unpaired) electrons. The molecule has 3 aromatic rings.